The van der Waals surface area contributed by atoms with Crippen molar-refractivity contribution in [3.05, 3.63) is 67.7 Å². The molecule has 0 spiro atoms. The molecule has 4 saturated carbocycles. The number of carbonyl (C=O) groups excluding carboxylic acids is 1. The first-order valence-corrected chi connectivity index (χ1v) is 14.8. The van der Waals surface area contributed by atoms with Gasteiger partial charge in [0.1, 0.15) is 0 Å². The molecule has 7 rings (SSSR count). The lowest BCUT2D eigenvalue weighted by molar-refractivity contribution is -0.0133. The second-order valence-electron chi connectivity index (χ2n) is 11.1. The highest BCUT2D eigenvalue weighted by Gasteiger charge is 2.47. The molecule has 200 valence electrons. The van der Waals surface area contributed by atoms with Gasteiger partial charge in [-0.25, -0.2) is 4.68 Å². The summed E-state index contributed by atoms with van der Waals surface area (Å²) in [5, 5.41) is 13.4. The molecule has 4 aliphatic carbocycles. The van der Waals surface area contributed by atoms with Crippen LogP contribution in [0.4, 0.5) is 0 Å². The number of hydrogen-bond acceptors (Lipinski definition) is 3. The van der Waals surface area contributed by atoms with Crippen molar-refractivity contribution in [3.8, 4) is 16.9 Å². The van der Waals surface area contributed by atoms with E-state index in [0.29, 0.717) is 49.8 Å². The summed E-state index contributed by atoms with van der Waals surface area (Å²) in [5.74, 6) is 3.29. The monoisotopic (exact) mass is 590 g/mol. The normalized spacial score (nSPS) is 25.7. The first-order chi connectivity index (χ1) is 18.3. The maximum atomic E-state index is 13.3. The van der Waals surface area contributed by atoms with Gasteiger partial charge in [0.2, 0.25) is 0 Å². The number of nitrogens with zero attached hydrogens (tertiary/aromatic N) is 2. The third-order valence-electron chi connectivity index (χ3n) is 8.69. The smallest absolute Gasteiger partial charge is 0.272 e. The molecule has 1 aromatic heterocycles. The molecular formula is C29H30Cl4N4O. The highest BCUT2D eigenvalue weighted by molar-refractivity contribution is 6.42. The first kappa shape index (κ1) is 26.5. The second-order valence-corrected chi connectivity index (χ2v) is 12.8. The van der Waals surface area contributed by atoms with E-state index in [2.05, 4.69) is 10.6 Å². The topological polar surface area (TPSA) is 59.0 Å². The Balaban J connectivity index is 1.21. The number of aromatic nitrogens is 2. The lowest BCUT2D eigenvalue weighted by Gasteiger charge is -2.54. The summed E-state index contributed by atoms with van der Waals surface area (Å²) >= 11 is 25.2. The lowest BCUT2D eigenvalue weighted by Crippen LogP contribution is -2.55. The number of halogens is 4. The van der Waals surface area contributed by atoms with E-state index in [1.807, 2.05) is 13.0 Å². The molecule has 4 aliphatic rings. The Hall–Kier alpha value is -1.76. The van der Waals surface area contributed by atoms with E-state index >= 15 is 0 Å². The van der Waals surface area contributed by atoms with E-state index in [9.17, 15) is 4.79 Å². The predicted molar refractivity (Wildman–Crippen MR) is 155 cm³/mol. The molecule has 4 fully saturated rings. The molecule has 0 unspecified atom stereocenters. The summed E-state index contributed by atoms with van der Waals surface area (Å²) < 4.78 is 1.68. The van der Waals surface area contributed by atoms with Crippen LogP contribution < -0.4 is 10.6 Å². The zero-order valence-electron chi connectivity index (χ0n) is 21.1. The Labute approximate surface area is 243 Å². The zero-order chi connectivity index (χ0) is 26.6. The summed E-state index contributed by atoms with van der Waals surface area (Å²) in [7, 11) is 0. The van der Waals surface area contributed by atoms with Crippen LogP contribution in [0, 0.1) is 30.6 Å². The third-order valence-corrected chi connectivity index (χ3v) is 9.96. The molecule has 2 aromatic carbocycles. The number of rotatable bonds is 7. The van der Waals surface area contributed by atoms with Gasteiger partial charge in [0.25, 0.3) is 5.91 Å². The predicted octanol–water partition coefficient (Wildman–Crippen LogP) is 7.61. The van der Waals surface area contributed by atoms with E-state index < -0.39 is 0 Å². The molecule has 2 N–H and O–H groups in total. The lowest BCUT2D eigenvalue weighted by atomic mass is 9.54. The van der Waals surface area contributed by atoms with Crippen LogP contribution in [0.15, 0.2) is 36.4 Å². The average molecular weight is 592 g/mol. The van der Waals surface area contributed by atoms with E-state index in [4.69, 9.17) is 51.5 Å². The van der Waals surface area contributed by atoms with Crippen molar-refractivity contribution in [2.45, 2.75) is 45.1 Å². The third kappa shape index (κ3) is 4.97. The zero-order valence-corrected chi connectivity index (χ0v) is 24.1. The molecule has 0 atom stereocenters. The molecule has 1 amide bonds. The van der Waals surface area contributed by atoms with Crippen molar-refractivity contribution in [3.63, 3.8) is 0 Å². The van der Waals surface area contributed by atoms with E-state index in [-0.39, 0.29) is 5.91 Å². The van der Waals surface area contributed by atoms with Crippen molar-refractivity contribution < 1.29 is 4.79 Å². The number of carbonyl (C=O) groups is 1. The fraction of sp³-hybridized carbons (Fsp3) is 0.448. The van der Waals surface area contributed by atoms with Gasteiger partial charge in [0, 0.05) is 35.3 Å². The van der Waals surface area contributed by atoms with E-state index in [1.54, 1.807) is 35.0 Å². The number of benzene rings is 2. The molecule has 1 heterocycles. The van der Waals surface area contributed by atoms with Gasteiger partial charge in [-0.05, 0) is 93.0 Å². The molecule has 0 aliphatic heterocycles. The van der Waals surface area contributed by atoms with Crippen molar-refractivity contribution in [2.75, 3.05) is 13.1 Å². The van der Waals surface area contributed by atoms with Crippen molar-refractivity contribution in [1.82, 2.24) is 20.4 Å². The summed E-state index contributed by atoms with van der Waals surface area (Å²) in [5.41, 5.74) is 3.16. The number of hydrogen-bond donors (Lipinski definition) is 2. The van der Waals surface area contributed by atoms with Crippen LogP contribution in [0.5, 0.6) is 0 Å². The van der Waals surface area contributed by atoms with Gasteiger partial charge in [-0.3, -0.25) is 4.79 Å². The minimum atomic E-state index is -0.223. The average Bonchev–Trinajstić information content (AvgIpc) is 3.21. The highest BCUT2D eigenvalue weighted by Crippen LogP contribution is 2.53. The van der Waals surface area contributed by atoms with Gasteiger partial charge in [-0.15, -0.1) is 0 Å². The van der Waals surface area contributed by atoms with Crippen LogP contribution in [0.1, 0.15) is 48.2 Å². The molecule has 0 radical (unpaired) electrons. The van der Waals surface area contributed by atoms with Gasteiger partial charge in [-0.1, -0.05) is 52.5 Å². The molecule has 5 nitrogen and oxygen atoms in total. The Bertz CT molecular complexity index is 1360. The fourth-order valence-electron chi connectivity index (χ4n) is 7.28. The maximum absolute atomic E-state index is 13.3. The minimum absolute atomic E-state index is 0.223. The van der Waals surface area contributed by atoms with Gasteiger partial charge >= 0.3 is 0 Å². The van der Waals surface area contributed by atoms with Crippen LogP contribution in [0.3, 0.4) is 0 Å². The van der Waals surface area contributed by atoms with Crippen molar-refractivity contribution in [1.29, 1.82) is 0 Å². The minimum Gasteiger partial charge on any atom is -0.349 e. The number of nitrogens with one attached hydrogen (secondary N) is 2. The molecule has 38 heavy (non-hydrogen) atoms. The SMILES string of the molecule is Cc1c(C(=O)NCCNC2C3CC4CC(C3)CC2C4)nn(-c2ccc(Cl)cc2Cl)c1-c1ccc(Cl)c(Cl)c1. The Kier molecular flexibility index (Phi) is 7.43. The summed E-state index contributed by atoms with van der Waals surface area (Å²) in [6, 6.07) is 11.1. The highest BCUT2D eigenvalue weighted by atomic mass is 35.5. The van der Waals surface area contributed by atoms with Crippen LogP contribution in [0.2, 0.25) is 20.1 Å². The largest absolute Gasteiger partial charge is 0.349 e. The second kappa shape index (κ2) is 10.7. The van der Waals surface area contributed by atoms with Crippen LogP contribution in [-0.4, -0.2) is 34.8 Å². The molecule has 0 saturated heterocycles. The van der Waals surface area contributed by atoms with Crippen LogP contribution in [0.25, 0.3) is 16.9 Å². The summed E-state index contributed by atoms with van der Waals surface area (Å²) in [4.78, 5) is 13.3. The Morgan fingerprint density at radius 3 is 2.26 bits per heavy atom. The van der Waals surface area contributed by atoms with Crippen LogP contribution >= 0.6 is 46.4 Å². The first-order valence-electron chi connectivity index (χ1n) is 13.3. The maximum Gasteiger partial charge on any atom is 0.272 e. The molecule has 4 bridgehead atoms. The van der Waals surface area contributed by atoms with Crippen molar-refractivity contribution in [2.24, 2.45) is 23.7 Å². The van der Waals surface area contributed by atoms with Crippen molar-refractivity contribution >= 4 is 52.3 Å². The van der Waals surface area contributed by atoms with Gasteiger partial charge < -0.3 is 10.6 Å². The van der Waals surface area contributed by atoms with Crippen LogP contribution in [-0.2, 0) is 0 Å². The van der Waals surface area contributed by atoms with Gasteiger partial charge in [-0.2, -0.15) is 5.10 Å². The van der Waals surface area contributed by atoms with Gasteiger partial charge in [0.05, 0.1) is 26.4 Å². The van der Waals surface area contributed by atoms with Gasteiger partial charge in [0.15, 0.2) is 5.69 Å². The summed E-state index contributed by atoms with van der Waals surface area (Å²) in [6.45, 7) is 3.17. The summed E-state index contributed by atoms with van der Waals surface area (Å²) in [6.07, 6.45) is 6.95. The van der Waals surface area contributed by atoms with E-state index in [1.165, 1.54) is 32.1 Å². The standard InChI is InChI=1S/C29H30Cl4N4O/c1-15-26(29(38)35-7-6-34-27-19-9-16-8-17(11-19)12-20(27)10-16)36-37(25-5-3-21(30)14-24(25)33)28(15)18-2-4-22(31)23(32)13-18/h2-5,13-14,16-17,19-20,27,34H,6-12H2,1H3,(H,35,38). The Morgan fingerprint density at radius 1 is 0.895 bits per heavy atom. The fourth-order valence-corrected chi connectivity index (χ4v) is 8.07. The quantitative estimate of drug-likeness (QED) is 0.278. The molecule has 9 heteroatoms. The Morgan fingerprint density at radius 2 is 1.61 bits per heavy atom. The molecular weight excluding hydrogens is 562 g/mol. The number of amides is 1. The van der Waals surface area contributed by atoms with E-state index in [0.717, 1.165) is 41.3 Å². The molecule has 3 aromatic rings.